The summed E-state index contributed by atoms with van der Waals surface area (Å²) in [4.78, 5) is 12.1. The minimum atomic E-state index is -0.499. The molecule has 1 rings (SSSR count). The van der Waals surface area contributed by atoms with Gasteiger partial charge in [0.1, 0.15) is 17.1 Å². The molecule has 0 heterocycles. The number of carbonyl (C=O) groups is 1. The van der Waals surface area contributed by atoms with Gasteiger partial charge in [0.25, 0.3) is 5.91 Å². The second kappa shape index (κ2) is 6.15. The van der Waals surface area contributed by atoms with Crippen molar-refractivity contribution in [2.75, 3.05) is 5.88 Å². The molecule has 3 N–H and O–H groups in total. The van der Waals surface area contributed by atoms with Gasteiger partial charge in [-0.15, -0.1) is 11.6 Å². The van der Waals surface area contributed by atoms with Gasteiger partial charge in [-0.05, 0) is 24.0 Å². The van der Waals surface area contributed by atoms with E-state index in [0.717, 1.165) is 0 Å². The van der Waals surface area contributed by atoms with Crippen LogP contribution in [0.2, 0.25) is 0 Å². The van der Waals surface area contributed by atoms with Gasteiger partial charge in [0.2, 0.25) is 0 Å². The van der Waals surface area contributed by atoms with Crippen molar-refractivity contribution in [1.29, 1.82) is 0 Å². The average molecular weight is 286 g/mol. The lowest BCUT2D eigenvalue weighted by molar-refractivity contribution is 0.0895. The SMILES string of the molecule is CC(C)(C)C(CCCl)NC(=O)c1c(O)cccc1O. The molecular weight excluding hydrogens is 266 g/mol. The van der Waals surface area contributed by atoms with E-state index in [9.17, 15) is 15.0 Å². The van der Waals surface area contributed by atoms with Crippen molar-refractivity contribution in [3.05, 3.63) is 23.8 Å². The summed E-state index contributed by atoms with van der Waals surface area (Å²) in [6.45, 7) is 5.99. The first kappa shape index (κ1) is 15.6. The van der Waals surface area contributed by atoms with E-state index in [1.165, 1.54) is 18.2 Å². The maximum Gasteiger partial charge on any atom is 0.259 e. The Morgan fingerprint density at radius 3 is 2.26 bits per heavy atom. The quantitative estimate of drug-likeness (QED) is 0.745. The fourth-order valence-corrected chi connectivity index (χ4v) is 2.04. The highest BCUT2D eigenvalue weighted by Crippen LogP contribution is 2.28. The summed E-state index contributed by atoms with van der Waals surface area (Å²) in [5, 5.41) is 22.1. The number of carbonyl (C=O) groups excluding carboxylic acids is 1. The number of alkyl halides is 1. The maximum absolute atomic E-state index is 12.1. The van der Waals surface area contributed by atoms with Gasteiger partial charge in [0, 0.05) is 11.9 Å². The monoisotopic (exact) mass is 285 g/mol. The van der Waals surface area contributed by atoms with Gasteiger partial charge in [0.15, 0.2) is 0 Å². The minimum absolute atomic E-state index is 0.105. The Bertz CT molecular complexity index is 434. The molecule has 1 amide bonds. The van der Waals surface area contributed by atoms with Crippen molar-refractivity contribution in [2.45, 2.75) is 33.2 Å². The molecule has 0 saturated heterocycles. The molecule has 1 aromatic rings. The molecule has 4 nitrogen and oxygen atoms in total. The fourth-order valence-electron chi connectivity index (χ4n) is 1.82. The van der Waals surface area contributed by atoms with E-state index >= 15 is 0 Å². The van der Waals surface area contributed by atoms with Crippen LogP contribution in [-0.4, -0.2) is 28.0 Å². The lowest BCUT2D eigenvalue weighted by Crippen LogP contribution is -2.44. The zero-order chi connectivity index (χ0) is 14.6. The Balaban J connectivity index is 2.95. The number of phenolic OH excluding ortho intramolecular Hbond substituents is 2. The second-order valence-corrected chi connectivity index (χ2v) is 5.92. The molecule has 0 aliphatic carbocycles. The predicted molar refractivity (Wildman–Crippen MR) is 75.8 cm³/mol. The van der Waals surface area contributed by atoms with Crippen LogP contribution in [0.5, 0.6) is 11.5 Å². The summed E-state index contributed by atoms with van der Waals surface area (Å²) in [6.07, 6.45) is 0.616. The van der Waals surface area contributed by atoms with Crippen molar-refractivity contribution >= 4 is 17.5 Å². The van der Waals surface area contributed by atoms with E-state index in [1.807, 2.05) is 20.8 Å². The van der Waals surface area contributed by atoms with Gasteiger partial charge in [-0.25, -0.2) is 0 Å². The van der Waals surface area contributed by atoms with E-state index in [2.05, 4.69) is 5.32 Å². The van der Waals surface area contributed by atoms with Gasteiger partial charge < -0.3 is 15.5 Å². The first-order valence-corrected chi connectivity index (χ1v) is 6.68. The van der Waals surface area contributed by atoms with Crippen molar-refractivity contribution in [1.82, 2.24) is 5.32 Å². The molecule has 0 bridgehead atoms. The minimum Gasteiger partial charge on any atom is -0.507 e. The van der Waals surface area contributed by atoms with Crippen LogP contribution in [0.4, 0.5) is 0 Å². The molecule has 0 aromatic heterocycles. The van der Waals surface area contributed by atoms with E-state index < -0.39 is 5.91 Å². The summed E-state index contributed by atoms with van der Waals surface area (Å²) in [5.74, 6) is -0.553. The van der Waals surface area contributed by atoms with Crippen molar-refractivity contribution < 1.29 is 15.0 Å². The molecular formula is C14H20ClNO3. The lowest BCUT2D eigenvalue weighted by Gasteiger charge is -2.31. The van der Waals surface area contributed by atoms with Crippen LogP contribution in [0.3, 0.4) is 0 Å². The Morgan fingerprint density at radius 1 is 1.32 bits per heavy atom. The third-order valence-electron chi connectivity index (χ3n) is 3.00. The maximum atomic E-state index is 12.1. The van der Waals surface area contributed by atoms with Crippen LogP contribution in [-0.2, 0) is 0 Å². The van der Waals surface area contributed by atoms with E-state index in [4.69, 9.17) is 11.6 Å². The zero-order valence-corrected chi connectivity index (χ0v) is 12.2. The summed E-state index contributed by atoms with van der Waals surface area (Å²) in [5.41, 5.74) is -0.267. The molecule has 5 heteroatoms. The van der Waals surface area contributed by atoms with Gasteiger partial charge in [0.05, 0.1) is 0 Å². The molecule has 0 aliphatic heterocycles. The molecule has 0 saturated carbocycles. The van der Waals surface area contributed by atoms with Crippen LogP contribution < -0.4 is 5.32 Å². The van der Waals surface area contributed by atoms with Gasteiger partial charge >= 0.3 is 0 Å². The standard InChI is InChI=1S/C14H20ClNO3/c1-14(2,3)11(7-8-15)16-13(19)12-9(17)5-4-6-10(12)18/h4-6,11,17-18H,7-8H2,1-3H3,(H,16,19). The number of aromatic hydroxyl groups is 2. The van der Waals surface area contributed by atoms with E-state index in [0.29, 0.717) is 12.3 Å². The summed E-state index contributed by atoms with van der Waals surface area (Å²) >= 11 is 5.74. The van der Waals surface area contributed by atoms with Crippen LogP contribution in [0.15, 0.2) is 18.2 Å². The average Bonchev–Trinajstić information content (AvgIpc) is 2.27. The highest BCUT2D eigenvalue weighted by molar-refractivity contribution is 6.17. The van der Waals surface area contributed by atoms with Crippen LogP contribution in [0.25, 0.3) is 0 Å². The first-order chi connectivity index (χ1) is 8.77. The predicted octanol–water partition coefficient (Wildman–Crippen LogP) is 2.87. The number of halogens is 1. The summed E-state index contributed by atoms with van der Waals surface area (Å²) in [7, 11) is 0. The summed E-state index contributed by atoms with van der Waals surface area (Å²) in [6, 6.07) is 4.06. The first-order valence-electron chi connectivity index (χ1n) is 6.15. The summed E-state index contributed by atoms with van der Waals surface area (Å²) < 4.78 is 0. The Hall–Kier alpha value is -1.42. The number of nitrogens with one attached hydrogen (secondary N) is 1. The largest absolute Gasteiger partial charge is 0.507 e. The van der Waals surface area contributed by atoms with Crippen molar-refractivity contribution in [2.24, 2.45) is 5.41 Å². The Morgan fingerprint density at radius 2 is 1.84 bits per heavy atom. The number of phenols is 2. The lowest BCUT2D eigenvalue weighted by atomic mass is 9.85. The Labute approximate surface area is 118 Å². The number of amides is 1. The van der Waals surface area contributed by atoms with Gasteiger partial charge in [-0.3, -0.25) is 4.79 Å². The van der Waals surface area contributed by atoms with E-state index in [-0.39, 0.29) is 28.5 Å². The topological polar surface area (TPSA) is 69.6 Å². The Kier molecular flexibility index (Phi) is 5.06. The molecule has 1 unspecified atom stereocenters. The molecule has 19 heavy (non-hydrogen) atoms. The second-order valence-electron chi connectivity index (χ2n) is 5.54. The van der Waals surface area contributed by atoms with Crippen molar-refractivity contribution in [3.63, 3.8) is 0 Å². The van der Waals surface area contributed by atoms with Crippen LogP contribution in [0, 0.1) is 5.41 Å². The molecule has 0 aliphatic rings. The third-order valence-corrected chi connectivity index (χ3v) is 3.21. The smallest absolute Gasteiger partial charge is 0.259 e. The van der Waals surface area contributed by atoms with Crippen LogP contribution >= 0.6 is 11.6 Å². The molecule has 0 radical (unpaired) electrons. The number of hydrogen-bond donors (Lipinski definition) is 3. The number of hydrogen-bond acceptors (Lipinski definition) is 3. The number of rotatable bonds is 4. The molecule has 106 valence electrons. The highest BCUT2D eigenvalue weighted by Gasteiger charge is 2.27. The normalized spacial score (nSPS) is 13.1. The van der Waals surface area contributed by atoms with E-state index in [1.54, 1.807) is 0 Å². The van der Waals surface area contributed by atoms with Gasteiger partial charge in [-0.1, -0.05) is 26.8 Å². The highest BCUT2D eigenvalue weighted by atomic mass is 35.5. The van der Waals surface area contributed by atoms with Crippen LogP contribution in [0.1, 0.15) is 37.6 Å². The zero-order valence-electron chi connectivity index (χ0n) is 11.4. The molecule has 1 aromatic carbocycles. The molecule has 1 atom stereocenters. The third kappa shape index (κ3) is 4.03. The fraction of sp³-hybridized carbons (Fsp3) is 0.500. The number of benzene rings is 1. The van der Waals surface area contributed by atoms with Gasteiger partial charge in [-0.2, -0.15) is 0 Å². The molecule has 0 fully saturated rings. The molecule has 0 spiro atoms. The van der Waals surface area contributed by atoms with Crippen molar-refractivity contribution in [3.8, 4) is 11.5 Å².